The van der Waals surface area contributed by atoms with Crippen molar-refractivity contribution >= 4 is 17.0 Å². The van der Waals surface area contributed by atoms with Gasteiger partial charge in [0.05, 0.1) is 18.1 Å². The lowest BCUT2D eigenvalue weighted by atomic mass is 10.2. The fraction of sp³-hybridized carbons (Fsp3) is 0.500. The molecule has 2 atom stereocenters. The van der Waals surface area contributed by atoms with Crippen molar-refractivity contribution < 1.29 is 4.74 Å². The SMILES string of the molecule is CCCC1CC1n1c(N)nc2cc(OC)ccc21. The van der Waals surface area contributed by atoms with Gasteiger partial charge in [0.15, 0.2) is 0 Å². The maximum atomic E-state index is 6.06. The topological polar surface area (TPSA) is 53.1 Å². The van der Waals surface area contributed by atoms with Crippen LogP contribution in [0.25, 0.3) is 11.0 Å². The van der Waals surface area contributed by atoms with Crippen LogP contribution in [-0.2, 0) is 0 Å². The van der Waals surface area contributed by atoms with Crippen LogP contribution >= 0.6 is 0 Å². The molecule has 1 aliphatic rings. The number of fused-ring (bicyclic) bond motifs is 1. The smallest absolute Gasteiger partial charge is 0.201 e. The molecule has 18 heavy (non-hydrogen) atoms. The molecule has 1 aromatic carbocycles. The van der Waals surface area contributed by atoms with E-state index in [9.17, 15) is 0 Å². The lowest BCUT2D eigenvalue weighted by Crippen LogP contribution is -2.02. The molecule has 0 saturated heterocycles. The summed E-state index contributed by atoms with van der Waals surface area (Å²) in [6.07, 6.45) is 3.75. The van der Waals surface area contributed by atoms with Gasteiger partial charge in [0.1, 0.15) is 5.75 Å². The zero-order chi connectivity index (χ0) is 12.7. The Bertz CT molecular complexity index is 576. The number of nitrogens with two attached hydrogens (primary N) is 1. The molecule has 0 aliphatic heterocycles. The van der Waals surface area contributed by atoms with E-state index in [1.165, 1.54) is 19.3 Å². The second kappa shape index (κ2) is 4.19. The van der Waals surface area contributed by atoms with Gasteiger partial charge in [-0.2, -0.15) is 0 Å². The van der Waals surface area contributed by atoms with E-state index in [1.807, 2.05) is 12.1 Å². The van der Waals surface area contributed by atoms with Gasteiger partial charge in [-0.1, -0.05) is 13.3 Å². The quantitative estimate of drug-likeness (QED) is 0.901. The molecule has 96 valence electrons. The number of methoxy groups -OCH3 is 1. The van der Waals surface area contributed by atoms with E-state index in [0.29, 0.717) is 12.0 Å². The van der Waals surface area contributed by atoms with Gasteiger partial charge in [0.25, 0.3) is 0 Å². The van der Waals surface area contributed by atoms with Crippen LogP contribution < -0.4 is 10.5 Å². The van der Waals surface area contributed by atoms with Gasteiger partial charge in [0.2, 0.25) is 5.95 Å². The highest BCUT2D eigenvalue weighted by Crippen LogP contribution is 2.48. The van der Waals surface area contributed by atoms with E-state index >= 15 is 0 Å². The maximum absolute atomic E-state index is 6.06. The summed E-state index contributed by atoms with van der Waals surface area (Å²) in [5.74, 6) is 2.23. The first-order chi connectivity index (χ1) is 8.74. The number of benzene rings is 1. The fourth-order valence-corrected chi connectivity index (χ4v) is 2.80. The number of hydrogen-bond donors (Lipinski definition) is 1. The standard InChI is InChI=1S/C14H19N3O/c1-3-4-9-7-13(9)17-12-6-5-10(18-2)8-11(12)16-14(17)15/h5-6,8-9,13H,3-4,7H2,1-2H3,(H2,15,16). The number of aromatic nitrogens is 2. The Balaban J connectivity index is 2.00. The average Bonchev–Trinajstić information content (AvgIpc) is 3.02. The molecule has 2 unspecified atom stereocenters. The third kappa shape index (κ3) is 1.72. The van der Waals surface area contributed by atoms with Gasteiger partial charge < -0.3 is 15.0 Å². The van der Waals surface area contributed by atoms with Crippen molar-refractivity contribution in [3.05, 3.63) is 18.2 Å². The molecule has 2 N–H and O–H groups in total. The molecule has 0 radical (unpaired) electrons. The van der Waals surface area contributed by atoms with Gasteiger partial charge in [-0.15, -0.1) is 0 Å². The maximum Gasteiger partial charge on any atom is 0.201 e. The number of rotatable bonds is 4. The molecule has 0 amide bonds. The van der Waals surface area contributed by atoms with Crippen molar-refractivity contribution in [2.75, 3.05) is 12.8 Å². The summed E-state index contributed by atoms with van der Waals surface area (Å²) in [6.45, 7) is 2.23. The van der Waals surface area contributed by atoms with Crippen molar-refractivity contribution in [2.24, 2.45) is 5.92 Å². The van der Waals surface area contributed by atoms with Crippen LogP contribution in [0.4, 0.5) is 5.95 Å². The van der Waals surface area contributed by atoms with E-state index in [-0.39, 0.29) is 0 Å². The highest BCUT2D eigenvalue weighted by Gasteiger charge is 2.39. The van der Waals surface area contributed by atoms with E-state index < -0.39 is 0 Å². The lowest BCUT2D eigenvalue weighted by Gasteiger charge is -2.06. The predicted molar refractivity (Wildman–Crippen MR) is 72.7 cm³/mol. The largest absolute Gasteiger partial charge is 0.497 e. The normalized spacial score (nSPS) is 22.3. The number of imidazole rings is 1. The number of hydrogen-bond acceptors (Lipinski definition) is 3. The van der Waals surface area contributed by atoms with E-state index in [0.717, 1.165) is 22.7 Å². The summed E-state index contributed by atoms with van der Waals surface area (Å²) in [4.78, 5) is 4.44. The zero-order valence-corrected chi connectivity index (χ0v) is 10.9. The van der Waals surface area contributed by atoms with E-state index in [4.69, 9.17) is 10.5 Å². The molecule has 0 spiro atoms. The van der Waals surface area contributed by atoms with Crippen molar-refractivity contribution in [3.8, 4) is 5.75 Å². The lowest BCUT2D eigenvalue weighted by molar-refractivity contribution is 0.415. The van der Waals surface area contributed by atoms with Gasteiger partial charge >= 0.3 is 0 Å². The third-order valence-electron chi connectivity index (χ3n) is 3.80. The van der Waals surface area contributed by atoms with Gasteiger partial charge in [-0.05, 0) is 30.9 Å². The van der Waals surface area contributed by atoms with E-state index in [2.05, 4.69) is 22.5 Å². The van der Waals surface area contributed by atoms with Crippen LogP contribution in [-0.4, -0.2) is 16.7 Å². The Labute approximate surface area is 107 Å². The number of ether oxygens (including phenoxy) is 1. The fourth-order valence-electron chi connectivity index (χ4n) is 2.80. The summed E-state index contributed by atoms with van der Waals surface area (Å²) in [7, 11) is 1.67. The van der Waals surface area contributed by atoms with Gasteiger partial charge in [-0.3, -0.25) is 0 Å². The summed E-state index contributed by atoms with van der Waals surface area (Å²) in [6, 6.07) is 6.51. The minimum atomic E-state index is 0.545. The Morgan fingerprint density at radius 3 is 3.06 bits per heavy atom. The number of anilines is 1. The summed E-state index contributed by atoms with van der Waals surface area (Å²) >= 11 is 0. The van der Waals surface area contributed by atoms with Crippen LogP contribution in [0.3, 0.4) is 0 Å². The first-order valence-corrected chi connectivity index (χ1v) is 6.56. The Morgan fingerprint density at radius 1 is 1.50 bits per heavy atom. The van der Waals surface area contributed by atoms with Crippen molar-refractivity contribution in [1.29, 1.82) is 0 Å². The van der Waals surface area contributed by atoms with Crippen LogP contribution in [0.5, 0.6) is 5.75 Å². The molecule has 0 bridgehead atoms. The molecule has 1 aliphatic carbocycles. The molecule has 1 fully saturated rings. The van der Waals surface area contributed by atoms with Crippen LogP contribution in [0.1, 0.15) is 32.2 Å². The molecular formula is C14H19N3O. The molecular weight excluding hydrogens is 226 g/mol. The molecule has 4 heteroatoms. The summed E-state index contributed by atoms with van der Waals surface area (Å²) in [5, 5.41) is 0. The minimum absolute atomic E-state index is 0.545. The van der Waals surface area contributed by atoms with Gasteiger partial charge in [-0.25, -0.2) is 4.98 Å². The Morgan fingerprint density at radius 2 is 2.33 bits per heavy atom. The molecule has 4 nitrogen and oxygen atoms in total. The first-order valence-electron chi connectivity index (χ1n) is 6.56. The second-order valence-electron chi connectivity index (χ2n) is 5.05. The average molecular weight is 245 g/mol. The Hall–Kier alpha value is -1.71. The number of nitrogen functional groups attached to an aromatic ring is 1. The third-order valence-corrected chi connectivity index (χ3v) is 3.80. The molecule has 2 aromatic rings. The monoisotopic (exact) mass is 245 g/mol. The summed E-state index contributed by atoms with van der Waals surface area (Å²) in [5.41, 5.74) is 8.10. The highest BCUT2D eigenvalue weighted by atomic mass is 16.5. The van der Waals surface area contributed by atoms with Crippen molar-refractivity contribution in [1.82, 2.24) is 9.55 Å². The number of nitrogens with zero attached hydrogens (tertiary/aromatic N) is 2. The first kappa shape index (κ1) is 11.4. The summed E-state index contributed by atoms with van der Waals surface area (Å²) < 4.78 is 7.41. The van der Waals surface area contributed by atoms with Crippen LogP contribution in [0.15, 0.2) is 18.2 Å². The van der Waals surface area contributed by atoms with Crippen LogP contribution in [0.2, 0.25) is 0 Å². The highest BCUT2D eigenvalue weighted by molar-refractivity contribution is 5.80. The molecule has 1 heterocycles. The minimum Gasteiger partial charge on any atom is -0.497 e. The van der Waals surface area contributed by atoms with Crippen molar-refractivity contribution in [3.63, 3.8) is 0 Å². The molecule has 1 aromatic heterocycles. The molecule has 1 saturated carbocycles. The second-order valence-corrected chi connectivity index (χ2v) is 5.05. The zero-order valence-electron chi connectivity index (χ0n) is 10.9. The molecule has 3 rings (SSSR count). The van der Waals surface area contributed by atoms with Gasteiger partial charge in [0, 0.05) is 12.1 Å². The van der Waals surface area contributed by atoms with E-state index in [1.54, 1.807) is 7.11 Å². The predicted octanol–water partition coefficient (Wildman–Crippen LogP) is 2.99. The Kier molecular flexibility index (Phi) is 2.65. The van der Waals surface area contributed by atoms with Crippen LogP contribution in [0, 0.1) is 5.92 Å². The van der Waals surface area contributed by atoms with Crippen molar-refractivity contribution in [2.45, 2.75) is 32.2 Å².